The smallest absolute Gasteiger partial charge is 0.160 e. The molecule has 0 aliphatic heterocycles. The van der Waals surface area contributed by atoms with Crippen molar-refractivity contribution in [1.29, 1.82) is 0 Å². The van der Waals surface area contributed by atoms with Gasteiger partial charge >= 0.3 is 0 Å². The minimum atomic E-state index is 0.187. The summed E-state index contributed by atoms with van der Waals surface area (Å²) >= 11 is 0. The summed E-state index contributed by atoms with van der Waals surface area (Å²) in [6.07, 6.45) is 2.70. The van der Waals surface area contributed by atoms with Crippen molar-refractivity contribution in [2.75, 3.05) is 27.2 Å². The fourth-order valence-electron chi connectivity index (χ4n) is 2.24. The van der Waals surface area contributed by atoms with Crippen LogP contribution in [0.5, 0.6) is 11.5 Å². The predicted octanol–water partition coefficient (Wildman–Crippen LogP) is 2.15. The van der Waals surface area contributed by atoms with Crippen LogP contribution in [0.4, 0.5) is 0 Å². The van der Waals surface area contributed by atoms with Crippen LogP contribution in [0.25, 0.3) is 0 Å². The summed E-state index contributed by atoms with van der Waals surface area (Å²) in [7, 11) is 3.76. The van der Waals surface area contributed by atoms with Gasteiger partial charge in [0.2, 0.25) is 0 Å². The number of hydrogen-bond acceptors (Lipinski definition) is 4. The lowest BCUT2D eigenvalue weighted by atomic mass is 10.1. The van der Waals surface area contributed by atoms with Crippen molar-refractivity contribution >= 4 is 0 Å². The number of hydrogen-bond donors (Lipinski definition) is 2. The molecule has 106 valence electrons. The zero-order valence-electron chi connectivity index (χ0n) is 12.0. The number of nitrogens with zero attached hydrogens (tertiary/aromatic N) is 1. The predicted molar refractivity (Wildman–Crippen MR) is 76.7 cm³/mol. The van der Waals surface area contributed by atoms with Gasteiger partial charge in [-0.2, -0.15) is 0 Å². The van der Waals surface area contributed by atoms with Gasteiger partial charge in [-0.05, 0) is 44.5 Å². The van der Waals surface area contributed by atoms with Crippen LogP contribution in [-0.2, 0) is 0 Å². The van der Waals surface area contributed by atoms with E-state index in [2.05, 4.69) is 24.2 Å². The molecule has 1 aliphatic rings. The molecular formula is C15H24N2O2. The molecule has 0 aromatic heterocycles. The van der Waals surface area contributed by atoms with Gasteiger partial charge < -0.3 is 20.1 Å². The van der Waals surface area contributed by atoms with E-state index in [1.54, 1.807) is 13.2 Å². The Bertz CT molecular complexity index is 419. The Labute approximate surface area is 115 Å². The molecule has 0 saturated heterocycles. The molecule has 2 rings (SSSR count). The fourth-order valence-corrected chi connectivity index (χ4v) is 2.24. The van der Waals surface area contributed by atoms with Gasteiger partial charge in [0, 0.05) is 25.2 Å². The Morgan fingerprint density at radius 2 is 2.21 bits per heavy atom. The summed E-state index contributed by atoms with van der Waals surface area (Å²) in [6.45, 7) is 4.17. The summed E-state index contributed by atoms with van der Waals surface area (Å²) in [4.78, 5) is 2.41. The third kappa shape index (κ3) is 3.85. The van der Waals surface area contributed by atoms with Gasteiger partial charge in [-0.3, -0.25) is 0 Å². The highest BCUT2D eigenvalue weighted by Crippen LogP contribution is 2.29. The lowest BCUT2D eigenvalue weighted by Crippen LogP contribution is -2.31. The Morgan fingerprint density at radius 1 is 1.47 bits per heavy atom. The molecule has 1 aliphatic carbocycles. The van der Waals surface area contributed by atoms with Crippen LogP contribution in [-0.4, -0.2) is 43.3 Å². The Kier molecular flexibility index (Phi) is 4.66. The lowest BCUT2D eigenvalue weighted by molar-refractivity contribution is 0.316. The van der Waals surface area contributed by atoms with Gasteiger partial charge in [0.25, 0.3) is 0 Å². The number of ether oxygens (including phenoxy) is 1. The van der Waals surface area contributed by atoms with Gasteiger partial charge in [-0.25, -0.2) is 0 Å². The Balaban J connectivity index is 1.83. The molecular weight excluding hydrogens is 240 g/mol. The molecule has 0 amide bonds. The molecule has 1 aromatic rings. The third-order valence-electron chi connectivity index (χ3n) is 3.79. The third-order valence-corrected chi connectivity index (χ3v) is 3.79. The summed E-state index contributed by atoms with van der Waals surface area (Å²) in [5.74, 6) is 0.716. The highest BCUT2D eigenvalue weighted by molar-refractivity contribution is 5.42. The number of methoxy groups -OCH3 is 1. The van der Waals surface area contributed by atoms with Gasteiger partial charge in [0.1, 0.15) is 0 Å². The molecule has 19 heavy (non-hydrogen) atoms. The minimum absolute atomic E-state index is 0.187. The largest absolute Gasteiger partial charge is 0.504 e. The molecule has 0 bridgehead atoms. The SMILES string of the molecule is COc1cc(C(C)NCCN(C)C2CC2)ccc1O. The second kappa shape index (κ2) is 6.26. The monoisotopic (exact) mass is 264 g/mol. The number of aromatic hydroxyl groups is 1. The maximum absolute atomic E-state index is 9.58. The number of phenols is 1. The highest BCUT2D eigenvalue weighted by atomic mass is 16.5. The lowest BCUT2D eigenvalue weighted by Gasteiger charge is -2.19. The fraction of sp³-hybridized carbons (Fsp3) is 0.600. The molecule has 1 saturated carbocycles. The zero-order chi connectivity index (χ0) is 13.8. The quantitative estimate of drug-likeness (QED) is 0.792. The average Bonchev–Trinajstić information content (AvgIpc) is 3.23. The van der Waals surface area contributed by atoms with Crippen LogP contribution in [0.3, 0.4) is 0 Å². The maximum atomic E-state index is 9.58. The topological polar surface area (TPSA) is 44.7 Å². The van der Waals surface area contributed by atoms with Crippen LogP contribution in [0, 0.1) is 0 Å². The molecule has 1 fully saturated rings. The van der Waals surface area contributed by atoms with Crippen LogP contribution >= 0.6 is 0 Å². The maximum Gasteiger partial charge on any atom is 0.160 e. The number of rotatable bonds is 7. The van der Waals surface area contributed by atoms with Crippen molar-refractivity contribution in [1.82, 2.24) is 10.2 Å². The second-order valence-corrected chi connectivity index (χ2v) is 5.32. The number of benzene rings is 1. The normalized spacial score (nSPS) is 16.6. The highest BCUT2D eigenvalue weighted by Gasteiger charge is 2.25. The van der Waals surface area contributed by atoms with Crippen molar-refractivity contribution in [3.63, 3.8) is 0 Å². The molecule has 1 atom stereocenters. The standard InChI is InChI=1S/C15H24N2O2/c1-11(16-8-9-17(2)13-5-6-13)12-4-7-14(18)15(10-12)19-3/h4,7,10-11,13,16,18H,5-6,8-9H2,1-3H3. The van der Waals surface area contributed by atoms with Crippen molar-refractivity contribution in [2.24, 2.45) is 0 Å². The van der Waals surface area contributed by atoms with Gasteiger partial charge in [-0.15, -0.1) is 0 Å². The summed E-state index contributed by atoms with van der Waals surface area (Å²) in [5.41, 5.74) is 1.13. The summed E-state index contributed by atoms with van der Waals surface area (Å²) < 4.78 is 5.13. The summed E-state index contributed by atoms with van der Waals surface area (Å²) in [6, 6.07) is 6.56. The van der Waals surface area contributed by atoms with Crippen molar-refractivity contribution < 1.29 is 9.84 Å². The summed E-state index contributed by atoms with van der Waals surface area (Å²) in [5, 5.41) is 13.1. The van der Waals surface area contributed by atoms with E-state index in [1.165, 1.54) is 12.8 Å². The van der Waals surface area contributed by atoms with Crippen LogP contribution in [0.1, 0.15) is 31.4 Å². The first kappa shape index (κ1) is 14.2. The van der Waals surface area contributed by atoms with Gasteiger partial charge in [0.15, 0.2) is 11.5 Å². The van der Waals surface area contributed by atoms with Crippen LogP contribution in [0.15, 0.2) is 18.2 Å². The van der Waals surface area contributed by atoms with Crippen molar-refractivity contribution in [2.45, 2.75) is 31.8 Å². The van der Waals surface area contributed by atoms with E-state index in [9.17, 15) is 5.11 Å². The number of phenolic OH excluding ortho intramolecular Hbond substituents is 1. The van der Waals surface area contributed by atoms with Crippen LogP contribution in [0.2, 0.25) is 0 Å². The first-order valence-corrected chi connectivity index (χ1v) is 6.92. The van der Waals surface area contributed by atoms with E-state index < -0.39 is 0 Å². The van der Waals surface area contributed by atoms with Gasteiger partial charge in [-0.1, -0.05) is 6.07 Å². The van der Waals surface area contributed by atoms with E-state index in [4.69, 9.17) is 4.74 Å². The molecule has 0 spiro atoms. The van der Waals surface area contributed by atoms with Gasteiger partial charge in [0.05, 0.1) is 7.11 Å². The van der Waals surface area contributed by atoms with E-state index in [0.717, 1.165) is 24.7 Å². The Morgan fingerprint density at radius 3 is 2.84 bits per heavy atom. The first-order valence-electron chi connectivity index (χ1n) is 6.92. The van der Waals surface area contributed by atoms with Crippen LogP contribution < -0.4 is 10.1 Å². The van der Waals surface area contributed by atoms with E-state index in [1.807, 2.05) is 12.1 Å². The second-order valence-electron chi connectivity index (χ2n) is 5.32. The molecule has 4 nitrogen and oxygen atoms in total. The molecule has 0 heterocycles. The zero-order valence-corrected chi connectivity index (χ0v) is 12.0. The molecule has 1 unspecified atom stereocenters. The molecule has 0 radical (unpaired) electrons. The minimum Gasteiger partial charge on any atom is -0.504 e. The molecule has 2 N–H and O–H groups in total. The Hall–Kier alpha value is -1.26. The van der Waals surface area contributed by atoms with Crippen molar-refractivity contribution in [3.05, 3.63) is 23.8 Å². The molecule has 4 heteroatoms. The molecule has 1 aromatic carbocycles. The van der Waals surface area contributed by atoms with E-state index >= 15 is 0 Å². The van der Waals surface area contributed by atoms with E-state index in [-0.39, 0.29) is 11.8 Å². The number of likely N-dealkylation sites (N-methyl/N-ethyl adjacent to an activating group) is 1. The average molecular weight is 264 g/mol. The van der Waals surface area contributed by atoms with E-state index in [0.29, 0.717) is 5.75 Å². The number of nitrogens with one attached hydrogen (secondary N) is 1. The first-order chi connectivity index (χ1) is 9.11. The van der Waals surface area contributed by atoms with Crippen molar-refractivity contribution in [3.8, 4) is 11.5 Å².